The van der Waals surface area contributed by atoms with E-state index in [-0.39, 0.29) is 11.3 Å². The summed E-state index contributed by atoms with van der Waals surface area (Å²) in [4.78, 5) is 20.2. The molecule has 0 unspecified atom stereocenters. The van der Waals surface area contributed by atoms with E-state index in [1.807, 2.05) is 0 Å². The van der Waals surface area contributed by atoms with Gasteiger partial charge in [0.2, 0.25) is 5.69 Å². The minimum Gasteiger partial charge on any atom is -0.476 e. The Kier molecular flexibility index (Phi) is 1.49. The number of aromatic nitrogens is 1. The summed E-state index contributed by atoms with van der Waals surface area (Å²) in [5.41, 5.74) is -0.400. The first-order chi connectivity index (χ1) is 4.75. The molecular formula is C5H3NO4. The molecule has 0 aromatic carbocycles. The zero-order valence-electron chi connectivity index (χ0n) is 4.77. The van der Waals surface area contributed by atoms with Crippen LogP contribution in [0, 0.1) is 0 Å². The SMILES string of the molecule is O=Cc1conc1C(=O)O. The molecule has 5 heteroatoms. The fraction of sp³-hybridized carbons (Fsp3) is 0. The zero-order chi connectivity index (χ0) is 7.56. The van der Waals surface area contributed by atoms with Gasteiger partial charge in [0.1, 0.15) is 6.26 Å². The lowest BCUT2D eigenvalue weighted by atomic mass is 10.3. The van der Waals surface area contributed by atoms with Gasteiger partial charge in [-0.25, -0.2) is 4.79 Å². The van der Waals surface area contributed by atoms with Crippen LogP contribution < -0.4 is 0 Å². The summed E-state index contributed by atoms with van der Waals surface area (Å²) in [6.07, 6.45) is 1.36. The molecule has 0 fully saturated rings. The number of carboxylic acids is 1. The van der Waals surface area contributed by atoms with E-state index in [4.69, 9.17) is 5.11 Å². The Morgan fingerprint density at radius 2 is 2.50 bits per heavy atom. The molecule has 1 aromatic rings. The lowest BCUT2D eigenvalue weighted by Crippen LogP contribution is -1.99. The van der Waals surface area contributed by atoms with Gasteiger partial charge >= 0.3 is 5.97 Å². The summed E-state index contributed by atoms with van der Waals surface area (Å²) in [6.45, 7) is 0. The number of rotatable bonds is 2. The quantitative estimate of drug-likeness (QED) is 0.594. The Balaban J connectivity index is 3.13. The third-order valence-corrected chi connectivity index (χ3v) is 0.927. The molecule has 0 atom stereocenters. The molecular weight excluding hydrogens is 138 g/mol. The summed E-state index contributed by atoms with van der Waals surface area (Å²) >= 11 is 0. The van der Waals surface area contributed by atoms with E-state index in [1.54, 1.807) is 0 Å². The molecule has 0 aliphatic carbocycles. The largest absolute Gasteiger partial charge is 0.476 e. The lowest BCUT2D eigenvalue weighted by Gasteiger charge is -1.81. The van der Waals surface area contributed by atoms with Crippen molar-refractivity contribution in [3.05, 3.63) is 17.5 Å². The Morgan fingerprint density at radius 3 is 2.90 bits per heavy atom. The molecule has 0 aliphatic heterocycles. The van der Waals surface area contributed by atoms with Gasteiger partial charge in [-0.05, 0) is 0 Å². The predicted octanol–water partition coefficient (Wildman–Crippen LogP) is 0.185. The summed E-state index contributed by atoms with van der Waals surface area (Å²) < 4.78 is 4.24. The average Bonchev–Trinajstić information content (AvgIpc) is 2.33. The van der Waals surface area contributed by atoms with Crippen LogP contribution in [0.5, 0.6) is 0 Å². The maximum absolute atomic E-state index is 10.2. The minimum absolute atomic E-state index is 0.0486. The number of hydrogen-bond acceptors (Lipinski definition) is 4. The molecule has 0 spiro atoms. The Morgan fingerprint density at radius 1 is 1.80 bits per heavy atom. The first-order valence-corrected chi connectivity index (χ1v) is 2.38. The maximum atomic E-state index is 10.2. The van der Waals surface area contributed by atoms with Crippen LogP contribution in [0.1, 0.15) is 20.8 Å². The highest BCUT2D eigenvalue weighted by Gasteiger charge is 2.13. The number of aromatic carboxylic acids is 1. The molecule has 0 bridgehead atoms. The second kappa shape index (κ2) is 2.30. The fourth-order valence-corrected chi connectivity index (χ4v) is 0.490. The predicted molar refractivity (Wildman–Crippen MR) is 28.8 cm³/mol. The molecule has 10 heavy (non-hydrogen) atoms. The standard InChI is InChI=1S/C5H3NO4/c7-1-3-2-10-6-4(3)5(8)9/h1-2H,(H,8,9). The van der Waals surface area contributed by atoms with Gasteiger partial charge in [0.15, 0.2) is 6.29 Å². The van der Waals surface area contributed by atoms with Crippen LogP contribution in [0.2, 0.25) is 0 Å². The van der Waals surface area contributed by atoms with Crippen LogP contribution in [0.3, 0.4) is 0 Å². The van der Waals surface area contributed by atoms with Crippen molar-refractivity contribution in [2.45, 2.75) is 0 Å². The van der Waals surface area contributed by atoms with Gasteiger partial charge in [-0.15, -0.1) is 0 Å². The number of hydrogen-bond donors (Lipinski definition) is 1. The molecule has 0 saturated heterocycles. The summed E-state index contributed by atoms with van der Waals surface area (Å²) in [5.74, 6) is -1.27. The maximum Gasteiger partial charge on any atom is 0.358 e. The first-order valence-electron chi connectivity index (χ1n) is 2.38. The third kappa shape index (κ3) is 0.883. The van der Waals surface area contributed by atoms with Crippen molar-refractivity contribution in [3.63, 3.8) is 0 Å². The number of carboxylic acid groups (broad SMARTS) is 1. The van der Waals surface area contributed by atoms with Crippen molar-refractivity contribution in [2.24, 2.45) is 0 Å². The number of carbonyl (C=O) groups is 2. The molecule has 0 amide bonds. The van der Waals surface area contributed by atoms with Gasteiger partial charge in [0.25, 0.3) is 0 Å². The highest BCUT2D eigenvalue weighted by molar-refractivity contribution is 5.94. The van der Waals surface area contributed by atoms with Crippen LogP contribution in [0.25, 0.3) is 0 Å². The number of nitrogens with zero attached hydrogens (tertiary/aromatic N) is 1. The summed E-state index contributed by atoms with van der Waals surface area (Å²) in [5, 5.41) is 11.4. The average molecular weight is 141 g/mol. The van der Waals surface area contributed by atoms with Crippen LogP contribution >= 0.6 is 0 Å². The van der Waals surface area contributed by atoms with Crippen LogP contribution in [0.15, 0.2) is 10.8 Å². The fourth-order valence-electron chi connectivity index (χ4n) is 0.490. The van der Waals surface area contributed by atoms with Crippen molar-refractivity contribution in [1.29, 1.82) is 0 Å². The van der Waals surface area contributed by atoms with E-state index in [0.29, 0.717) is 6.29 Å². The highest BCUT2D eigenvalue weighted by Crippen LogP contribution is 2.01. The molecule has 1 aromatic heterocycles. The third-order valence-electron chi connectivity index (χ3n) is 0.927. The lowest BCUT2D eigenvalue weighted by molar-refractivity contribution is 0.0683. The smallest absolute Gasteiger partial charge is 0.358 e. The second-order valence-electron chi connectivity index (χ2n) is 1.54. The molecule has 1 N–H and O–H groups in total. The van der Waals surface area contributed by atoms with Crippen molar-refractivity contribution in [2.75, 3.05) is 0 Å². The molecule has 0 aliphatic rings. The van der Waals surface area contributed by atoms with Crippen molar-refractivity contribution >= 4 is 12.3 Å². The molecule has 1 rings (SSSR count). The van der Waals surface area contributed by atoms with Crippen LogP contribution in [-0.4, -0.2) is 22.5 Å². The second-order valence-corrected chi connectivity index (χ2v) is 1.54. The normalized spacial score (nSPS) is 9.20. The first kappa shape index (κ1) is 6.47. The van der Waals surface area contributed by atoms with Gasteiger partial charge in [0, 0.05) is 0 Å². The number of aldehydes is 1. The summed E-state index contributed by atoms with van der Waals surface area (Å²) in [7, 11) is 0. The van der Waals surface area contributed by atoms with E-state index < -0.39 is 5.97 Å². The van der Waals surface area contributed by atoms with Crippen LogP contribution in [0.4, 0.5) is 0 Å². The monoisotopic (exact) mass is 141 g/mol. The van der Waals surface area contributed by atoms with Gasteiger partial charge in [-0.3, -0.25) is 4.79 Å². The molecule has 52 valence electrons. The molecule has 5 nitrogen and oxygen atoms in total. The highest BCUT2D eigenvalue weighted by atomic mass is 16.5. The topological polar surface area (TPSA) is 80.4 Å². The van der Waals surface area contributed by atoms with Crippen LogP contribution in [-0.2, 0) is 0 Å². The molecule has 0 saturated carbocycles. The summed E-state index contributed by atoms with van der Waals surface area (Å²) in [6, 6.07) is 0. The van der Waals surface area contributed by atoms with Gasteiger partial charge < -0.3 is 9.63 Å². The van der Waals surface area contributed by atoms with Gasteiger partial charge in [-0.1, -0.05) is 5.16 Å². The van der Waals surface area contributed by atoms with E-state index in [9.17, 15) is 9.59 Å². The van der Waals surface area contributed by atoms with E-state index in [0.717, 1.165) is 6.26 Å². The molecule has 1 heterocycles. The Hall–Kier alpha value is -1.65. The number of carbonyl (C=O) groups excluding carboxylic acids is 1. The Labute approximate surface area is 55.2 Å². The van der Waals surface area contributed by atoms with Crippen molar-refractivity contribution in [3.8, 4) is 0 Å². The van der Waals surface area contributed by atoms with Gasteiger partial charge in [0.05, 0.1) is 5.56 Å². The van der Waals surface area contributed by atoms with Gasteiger partial charge in [-0.2, -0.15) is 0 Å². The van der Waals surface area contributed by atoms with E-state index in [2.05, 4.69) is 9.68 Å². The minimum atomic E-state index is -1.27. The Bertz CT molecular complexity index is 264. The van der Waals surface area contributed by atoms with E-state index >= 15 is 0 Å². The van der Waals surface area contributed by atoms with Crippen molar-refractivity contribution < 1.29 is 19.2 Å². The molecule has 0 radical (unpaired) electrons. The zero-order valence-corrected chi connectivity index (χ0v) is 4.77. The van der Waals surface area contributed by atoms with Crippen molar-refractivity contribution in [1.82, 2.24) is 5.16 Å². The van der Waals surface area contributed by atoms with E-state index in [1.165, 1.54) is 0 Å².